The second-order valence-corrected chi connectivity index (χ2v) is 8.16. The third-order valence-electron chi connectivity index (χ3n) is 4.54. The largest absolute Gasteiger partial charge is 0.468 e. The smallest absolute Gasteiger partial charge is 0.320 e. The van der Waals surface area contributed by atoms with Gasteiger partial charge in [-0.1, -0.05) is 18.2 Å². The summed E-state index contributed by atoms with van der Waals surface area (Å²) in [5.74, 6) is 0.226. The number of nitrogens with zero attached hydrogens (tertiary/aromatic N) is 1. The van der Waals surface area contributed by atoms with Gasteiger partial charge >= 0.3 is 5.97 Å². The van der Waals surface area contributed by atoms with Crippen molar-refractivity contribution in [3.8, 4) is 0 Å². The molecule has 1 heterocycles. The number of carbonyl (C=O) groups is 3. The Morgan fingerprint density at radius 3 is 2.56 bits per heavy atom. The van der Waals surface area contributed by atoms with Gasteiger partial charge in [0.05, 0.1) is 14.2 Å². The molecule has 1 aliphatic rings. The molecule has 1 aliphatic heterocycles. The van der Waals surface area contributed by atoms with Crippen LogP contribution in [0.2, 0.25) is 0 Å². The molecule has 1 saturated heterocycles. The molecule has 0 aromatic heterocycles. The van der Waals surface area contributed by atoms with Crippen molar-refractivity contribution in [2.75, 3.05) is 51.4 Å². The van der Waals surface area contributed by atoms with Crippen LogP contribution in [0.4, 0.5) is 5.69 Å². The van der Waals surface area contributed by atoms with Gasteiger partial charge in [0.1, 0.15) is 5.25 Å². The first-order valence-electron chi connectivity index (χ1n) is 8.96. The summed E-state index contributed by atoms with van der Waals surface area (Å²) < 4.78 is 4.77. The molecule has 2 rings (SSSR count). The Balaban J connectivity index is 1.85. The zero-order chi connectivity index (χ0) is 20.0. The van der Waals surface area contributed by atoms with Gasteiger partial charge in [-0.2, -0.15) is 0 Å². The summed E-state index contributed by atoms with van der Waals surface area (Å²) in [6.07, 6.45) is 0. The van der Waals surface area contributed by atoms with Gasteiger partial charge in [-0.3, -0.25) is 14.4 Å². The molecule has 1 fully saturated rings. The standard InChI is InChI=1S/C19H27N3O4S/c1-13-6-5-7-14(2)18(13)20-16(23)11-21(3)12-17(24)22-8-9-27-15(10-22)19(25)26-4/h5-7,15H,8-12H2,1-4H3,(H,20,23)/p+1/t15-/m0/s1. The number of hydrogen-bond acceptors (Lipinski definition) is 5. The van der Waals surface area contributed by atoms with E-state index < -0.39 is 0 Å². The lowest BCUT2D eigenvalue weighted by Crippen LogP contribution is -3.11. The Kier molecular flexibility index (Phi) is 7.67. The molecule has 7 nitrogen and oxygen atoms in total. The first kappa shape index (κ1) is 21.2. The molecule has 1 unspecified atom stereocenters. The summed E-state index contributed by atoms with van der Waals surface area (Å²) >= 11 is 1.51. The summed E-state index contributed by atoms with van der Waals surface area (Å²) in [5.41, 5.74) is 2.85. The fourth-order valence-corrected chi connectivity index (χ4v) is 4.18. The average Bonchev–Trinajstić information content (AvgIpc) is 2.64. The highest BCUT2D eigenvalue weighted by Crippen LogP contribution is 2.20. The van der Waals surface area contributed by atoms with Gasteiger partial charge in [-0.05, 0) is 25.0 Å². The Hall–Kier alpha value is -2.06. The molecule has 1 aromatic rings. The number of methoxy groups -OCH3 is 1. The maximum absolute atomic E-state index is 12.5. The van der Waals surface area contributed by atoms with Crippen LogP contribution in [0.5, 0.6) is 0 Å². The lowest BCUT2D eigenvalue weighted by molar-refractivity contribution is -0.862. The number of likely N-dealkylation sites (N-methyl/N-ethyl adjacent to an activating group) is 1. The molecule has 27 heavy (non-hydrogen) atoms. The first-order valence-corrected chi connectivity index (χ1v) is 10.0. The molecule has 148 valence electrons. The van der Waals surface area contributed by atoms with Crippen molar-refractivity contribution in [2.45, 2.75) is 19.1 Å². The number of carbonyl (C=O) groups excluding carboxylic acids is 3. The number of para-hydroxylation sites is 1. The van der Waals surface area contributed by atoms with Crippen LogP contribution >= 0.6 is 11.8 Å². The number of rotatable bonds is 6. The minimum absolute atomic E-state index is 0.0541. The van der Waals surface area contributed by atoms with E-state index in [0.717, 1.165) is 21.7 Å². The zero-order valence-electron chi connectivity index (χ0n) is 16.3. The van der Waals surface area contributed by atoms with Crippen molar-refractivity contribution < 1.29 is 24.0 Å². The summed E-state index contributed by atoms with van der Waals surface area (Å²) in [4.78, 5) is 39.0. The topological polar surface area (TPSA) is 80.2 Å². The number of anilines is 1. The summed E-state index contributed by atoms with van der Waals surface area (Å²) in [5, 5.41) is 2.61. The van der Waals surface area contributed by atoms with E-state index in [2.05, 4.69) is 5.32 Å². The predicted molar refractivity (Wildman–Crippen MR) is 106 cm³/mol. The second kappa shape index (κ2) is 9.75. The number of nitrogens with one attached hydrogen (secondary N) is 2. The predicted octanol–water partition coefficient (Wildman–Crippen LogP) is -0.126. The van der Waals surface area contributed by atoms with Crippen LogP contribution in [0.15, 0.2) is 18.2 Å². The van der Waals surface area contributed by atoms with E-state index in [1.54, 1.807) is 4.90 Å². The SMILES string of the molecule is COC(=O)[C@@H]1CN(C(=O)C[NH+](C)CC(=O)Nc2c(C)cccc2C)CCS1. The summed E-state index contributed by atoms with van der Waals surface area (Å²) in [6.45, 7) is 5.28. The van der Waals surface area contributed by atoms with E-state index in [4.69, 9.17) is 4.74 Å². The van der Waals surface area contributed by atoms with Crippen molar-refractivity contribution in [1.82, 2.24) is 4.90 Å². The molecule has 1 aromatic carbocycles. The number of ether oxygens (including phenoxy) is 1. The molecular weight excluding hydrogens is 366 g/mol. The Labute approximate surface area is 164 Å². The molecule has 0 radical (unpaired) electrons. The van der Waals surface area contributed by atoms with Gasteiger partial charge in [0.15, 0.2) is 13.1 Å². The first-order chi connectivity index (χ1) is 12.8. The van der Waals surface area contributed by atoms with Crippen molar-refractivity contribution >= 4 is 35.2 Å². The highest BCUT2D eigenvalue weighted by atomic mass is 32.2. The number of esters is 1. The highest BCUT2D eigenvalue weighted by Gasteiger charge is 2.30. The summed E-state index contributed by atoms with van der Waals surface area (Å²) in [7, 11) is 3.18. The number of quaternary nitrogens is 1. The molecule has 2 N–H and O–H groups in total. The lowest BCUT2D eigenvalue weighted by Gasteiger charge is -2.31. The van der Waals surface area contributed by atoms with Crippen LogP contribution in [0, 0.1) is 13.8 Å². The monoisotopic (exact) mass is 394 g/mol. The third kappa shape index (κ3) is 5.97. The van der Waals surface area contributed by atoms with Crippen molar-refractivity contribution in [2.24, 2.45) is 0 Å². The van der Waals surface area contributed by atoms with Crippen molar-refractivity contribution in [3.63, 3.8) is 0 Å². The van der Waals surface area contributed by atoms with Gasteiger partial charge < -0.3 is 19.9 Å². The number of thioether (sulfide) groups is 1. The van der Waals surface area contributed by atoms with Crippen LogP contribution in [0.1, 0.15) is 11.1 Å². The minimum Gasteiger partial charge on any atom is -0.468 e. The van der Waals surface area contributed by atoms with Crippen LogP contribution < -0.4 is 10.2 Å². The third-order valence-corrected chi connectivity index (χ3v) is 5.71. The highest BCUT2D eigenvalue weighted by molar-refractivity contribution is 8.00. The van der Waals surface area contributed by atoms with E-state index in [9.17, 15) is 14.4 Å². The number of aryl methyl sites for hydroxylation is 2. The number of amides is 2. The summed E-state index contributed by atoms with van der Waals surface area (Å²) in [6, 6.07) is 5.86. The second-order valence-electron chi connectivity index (χ2n) is 6.85. The molecule has 8 heteroatoms. The average molecular weight is 395 g/mol. The van der Waals surface area contributed by atoms with Crippen molar-refractivity contribution in [3.05, 3.63) is 29.3 Å². The maximum atomic E-state index is 12.5. The molecule has 0 spiro atoms. The number of benzene rings is 1. The molecule has 0 aliphatic carbocycles. The van der Waals surface area contributed by atoms with Crippen molar-refractivity contribution in [1.29, 1.82) is 0 Å². The Morgan fingerprint density at radius 1 is 1.26 bits per heavy atom. The van der Waals surface area contributed by atoms with Crippen LogP contribution in [0.3, 0.4) is 0 Å². The fourth-order valence-electron chi connectivity index (χ4n) is 3.05. The van der Waals surface area contributed by atoms with Crippen LogP contribution in [-0.4, -0.2) is 74.0 Å². The van der Waals surface area contributed by atoms with Crippen LogP contribution in [0.25, 0.3) is 0 Å². The van der Waals surface area contributed by atoms with Gasteiger partial charge in [-0.25, -0.2) is 0 Å². The van der Waals surface area contributed by atoms with Gasteiger partial charge in [-0.15, -0.1) is 11.8 Å². The van der Waals surface area contributed by atoms with Gasteiger partial charge in [0, 0.05) is 24.5 Å². The van der Waals surface area contributed by atoms with E-state index in [0.29, 0.717) is 18.8 Å². The maximum Gasteiger partial charge on any atom is 0.320 e. The fraction of sp³-hybridized carbons (Fsp3) is 0.526. The Morgan fingerprint density at radius 2 is 1.93 bits per heavy atom. The van der Waals surface area contributed by atoms with E-state index >= 15 is 0 Å². The van der Waals surface area contributed by atoms with E-state index in [-0.39, 0.29) is 36.1 Å². The lowest BCUT2D eigenvalue weighted by atomic mass is 10.1. The Bertz CT molecular complexity index is 690. The van der Waals surface area contributed by atoms with E-state index in [1.807, 2.05) is 39.1 Å². The minimum atomic E-state index is -0.333. The number of hydrogen-bond donors (Lipinski definition) is 2. The quantitative estimate of drug-likeness (QED) is 0.658. The molecule has 2 amide bonds. The zero-order valence-corrected chi connectivity index (χ0v) is 17.1. The van der Waals surface area contributed by atoms with Gasteiger partial charge in [0.2, 0.25) is 0 Å². The molecular formula is C19H28N3O4S+. The van der Waals surface area contributed by atoms with Crippen LogP contribution in [-0.2, 0) is 19.1 Å². The normalized spacial score (nSPS) is 17.9. The molecule has 0 bridgehead atoms. The van der Waals surface area contributed by atoms with E-state index in [1.165, 1.54) is 18.9 Å². The molecule has 2 atom stereocenters. The van der Waals surface area contributed by atoms with Gasteiger partial charge in [0.25, 0.3) is 11.8 Å². The molecule has 0 saturated carbocycles.